The predicted molar refractivity (Wildman–Crippen MR) is 102 cm³/mol. The molecule has 1 fully saturated rings. The van der Waals surface area contributed by atoms with E-state index in [1.807, 2.05) is 48.0 Å². The van der Waals surface area contributed by atoms with E-state index >= 15 is 0 Å². The fraction of sp³-hybridized carbons (Fsp3) is 0.381. The van der Waals surface area contributed by atoms with Crippen molar-refractivity contribution in [3.63, 3.8) is 0 Å². The van der Waals surface area contributed by atoms with Crippen LogP contribution in [0.1, 0.15) is 43.5 Å². The van der Waals surface area contributed by atoms with Gasteiger partial charge in [0.15, 0.2) is 5.65 Å². The molecule has 27 heavy (non-hydrogen) atoms. The molecule has 0 spiro atoms. The minimum absolute atomic E-state index is 0.150. The van der Waals surface area contributed by atoms with Gasteiger partial charge in [-0.15, -0.1) is 0 Å². The Morgan fingerprint density at radius 3 is 2.81 bits per heavy atom. The summed E-state index contributed by atoms with van der Waals surface area (Å²) < 4.78 is 7.22. The Balaban J connectivity index is 1.58. The first-order valence-corrected chi connectivity index (χ1v) is 9.52. The van der Waals surface area contributed by atoms with Gasteiger partial charge in [-0.1, -0.05) is 6.92 Å². The molecule has 0 unspecified atom stereocenters. The maximum atomic E-state index is 12.4. The number of hydrogen-bond donors (Lipinski definition) is 0. The number of rotatable bonds is 3. The van der Waals surface area contributed by atoms with Crippen LogP contribution >= 0.6 is 0 Å². The first-order chi connectivity index (χ1) is 13.2. The highest BCUT2D eigenvalue weighted by atomic mass is 16.5. The van der Waals surface area contributed by atoms with Crippen molar-refractivity contribution in [2.45, 2.75) is 44.7 Å². The van der Waals surface area contributed by atoms with Gasteiger partial charge in [-0.05, 0) is 37.1 Å². The Hall–Kier alpha value is -2.89. The molecule has 0 N–H and O–H groups in total. The monoisotopic (exact) mass is 362 g/mol. The number of carbonyl (C=O) groups is 1. The maximum Gasteiger partial charge on any atom is 0.223 e. The standard InChI is InChI=1S/C21H22N4O2/c1-3-21(26)24-14-6-9-18(24)16-12-22-20-11-17(23-25(20)19(16)10-14)13-4-7-15(27-2)8-5-13/h4-5,7-8,11-12,14,18H,3,6,9-10H2,1-2H3/t14-,18-/m1/s1. The van der Waals surface area contributed by atoms with Gasteiger partial charge in [-0.25, -0.2) is 9.50 Å². The number of nitrogens with zero attached hydrogens (tertiary/aromatic N) is 4. The summed E-state index contributed by atoms with van der Waals surface area (Å²) in [6.07, 6.45) is 5.43. The topological polar surface area (TPSA) is 59.7 Å². The van der Waals surface area contributed by atoms with Gasteiger partial charge in [0.25, 0.3) is 0 Å². The molecule has 6 heteroatoms. The Morgan fingerprint density at radius 1 is 1.26 bits per heavy atom. The summed E-state index contributed by atoms with van der Waals surface area (Å²) in [7, 11) is 1.66. The molecule has 1 amide bonds. The minimum atomic E-state index is 0.150. The van der Waals surface area contributed by atoms with Gasteiger partial charge in [0.05, 0.1) is 24.5 Å². The van der Waals surface area contributed by atoms with E-state index in [0.29, 0.717) is 6.42 Å². The third-order valence-corrected chi connectivity index (χ3v) is 5.88. The summed E-state index contributed by atoms with van der Waals surface area (Å²) in [4.78, 5) is 19.2. The Kier molecular flexibility index (Phi) is 3.67. The van der Waals surface area contributed by atoms with Crippen LogP contribution in [0, 0.1) is 0 Å². The van der Waals surface area contributed by atoms with Crippen molar-refractivity contribution in [1.29, 1.82) is 0 Å². The molecule has 0 radical (unpaired) electrons. The third kappa shape index (κ3) is 2.43. The second-order valence-corrected chi connectivity index (χ2v) is 7.29. The van der Waals surface area contributed by atoms with E-state index in [4.69, 9.17) is 9.84 Å². The van der Waals surface area contributed by atoms with E-state index in [2.05, 4.69) is 9.88 Å². The van der Waals surface area contributed by atoms with Crippen LogP contribution in [0.15, 0.2) is 36.5 Å². The molecule has 2 bridgehead atoms. The van der Waals surface area contributed by atoms with Gasteiger partial charge >= 0.3 is 0 Å². The number of amides is 1. The van der Waals surface area contributed by atoms with E-state index in [0.717, 1.165) is 47.5 Å². The molecule has 0 saturated carbocycles. The van der Waals surface area contributed by atoms with Crippen molar-refractivity contribution in [3.05, 3.63) is 47.8 Å². The third-order valence-electron chi connectivity index (χ3n) is 5.88. The molecule has 2 aliphatic heterocycles. The highest BCUT2D eigenvalue weighted by molar-refractivity contribution is 5.77. The molecular formula is C21H22N4O2. The molecule has 138 valence electrons. The van der Waals surface area contributed by atoms with E-state index in [1.165, 1.54) is 5.69 Å². The first-order valence-electron chi connectivity index (χ1n) is 9.52. The van der Waals surface area contributed by atoms with Crippen molar-refractivity contribution in [3.8, 4) is 17.0 Å². The van der Waals surface area contributed by atoms with Crippen LogP contribution in [0.25, 0.3) is 16.9 Å². The van der Waals surface area contributed by atoms with Crippen molar-refractivity contribution in [2.75, 3.05) is 7.11 Å². The Morgan fingerprint density at radius 2 is 2.07 bits per heavy atom. The molecule has 2 aliphatic rings. The van der Waals surface area contributed by atoms with E-state index < -0.39 is 0 Å². The highest BCUT2D eigenvalue weighted by Crippen LogP contribution is 2.43. The zero-order chi connectivity index (χ0) is 18.5. The molecule has 6 nitrogen and oxygen atoms in total. The molecule has 2 atom stereocenters. The van der Waals surface area contributed by atoms with E-state index in [1.54, 1.807) is 7.11 Å². The number of fused-ring (bicyclic) bond motifs is 6. The van der Waals surface area contributed by atoms with Crippen molar-refractivity contribution >= 4 is 11.6 Å². The SMILES string of the molecule is CCC(=O)N1[C@@H]2CC[C@@H]1c1cnc3cc(-c4ccc(OC)cc4)nn3c1C2. The fourth-order valence-corrected chi connectivity index (χ4v) is 4.55. The fourth-order valence-electron chi connectivity index (χ4n) is 4.55. The minimum Gasteiger partial charge on any atom is -0.497 e. The van der Waals surface area contributed by atoms with Crippen molar-refractivity contribution in [2.24, 2.45) is 0 Å². The number of methoxy groups -OCH3 is 1. The lowest BCUT2D eigenvalue weighted by molar-refractivity contribution is -0.134. The van der Waals surface area contributed by atoms with Crippen LogP contribution in [0.4, 0.5) is 0 Å². The summed E-state index contributed by atoms with van der Waals surface area (Å²) in [5, 5.41) is 4.85. The smallest absolute Gasteiger partial charge is 0.223 e. The number of benzene rings is 1. The molecular weight excluding hydrogens is 340 g/mol. The molecule has 4 heterocycles. The second kappa shape index (κ2) is 6.08. The van der Waals surface area contributed by atoms with Crippen LogP contribution in [-0.2, 0) is 11.2 Å². The summed E-state index contributed by atoms with van der Waals surface area (Å²) in [6, 6.07) is 10.4. The number of aromatic nitrogens is 3. The number of carbonyl (C=O) groups excluding carboxylic acids is 1. The lowest BCUT2D eigenvalue weighted by Crippen LogP contribution is -2.42. The van der Waals surface area contributed by atoms with Crippen LogP contribution in [-0.4, -0.2) is 38.6 Å². The molecule has 0 aliphatic carbocycles. The lowest BCUT2D eigenvalue weighted by Gasteiger charge is -2.36. The van der Waals surface area contributed by atoms with Gasteiger partial charge in [-0.2, -0.15) is 5.10 Å². The van der Waals surface area contributed by atoms with Crippen molar-refractivity contribution < 1.29 is 9.53 Å². The summed E-state index contributed by atoms with van der Waals surface area (Å²) in [5.74, 6) is 1.07. The molecule has 1 saturated heterocycles. The van der Waals surface area contributed by atoms with Crippen LogP contribution in [0.2, 0.25) is 0 Å². The van der Waals surface area contributed by atoms with Gasteiger partial charge in [0.2, 0.25) is 5.91 Å². The average molecular weight is 362 g/mol. The largest absolute Gasteiger partial charge is 0.497 e. The molecule has 5 rings (SSSR count). The van der Waals surface area contributed by atoms with Crippen molar-refractivity contribution in [1.82, 2.24) is 19.5 Å². The van der Waals surface area contributed by atoms with Gasteiger partial charge in [-0.3, -0.25) is 4.79 Å². The summed E-state index contributed by atoms with van der Waals surface area (Å²) in [6.45, 7) is 1.94. The predicted octanol–water partition coefficient (Wildman–Crippen LogP) is 3.40. The van der Waals surface area contributed by atoms with Crippen LogP contribution < -0.4 is 4.74 Å². The zero-order valence-corrected chi connectivity index (χ0v) is 15.6. The average Bonchev–Trinajstić information content (AvgIpc) is 3.28. The number of ether oxygens (including phenoxy) is 1. The normalized spacial score (nSPS) is 20.7. The van der Waals surface area contributed by atoms with Crippen LogP contribution in [0.5, 0.6) is 5.75 Å². The molecule has 3 aromatic rings. The number of hydrogen-bond acceptors (Lipinski definition) is 4. The van der Waals surface area contributed by atoms with Crippen LogP contribution in [0.3, 0.4) is 0 Å². The lowest BCUT2D eigenvalue weighted by atomic mass is 9.99. The first kappa shape index (κ1) is 16.3. The quantitative estimate of drug-likeness (QED) is 0.716. The maximum absolute atomic E-state index is 12.4. The highest BCUT2D eigenvalue weighted by Gasteiger charge is 2.43. The van der Waals surface area contributed by atoms with E-state index in [9.17, 15) is 4.79 Å². The van der Waals surface area contributed by atoms with E-state index in [-0.39, 0.29) is 18.0 Å². The Bertz CT molecular complexity index is 1020. The van der Waals surface area contributed by atoms with Gasteiger partial charge in [0, 0.05) is 42.3 Å². The molecule has 2 aromatic heterocycles. The Labute approximate surface area is 157 Å². The second-order valence-electron chi connectivity index (χ2n) is 7.29. The zero-order valence-electron chi connectivity index (χ0n) is 15.6. The summed E-state index contributed by atoms with van der Waals surface area (Å²) >= 11 is 0. The summed E-state index contributed by atoms with van der Waals surface area (Å²) in [5.41, 5.74) is 5.15. The van der Waals surface area contributed by atoms with Gasteiger partial charge < -0.3 is 9.64 Å². The van der Waals surface area contributed by atoms with Gasteiger partial charge in [0.1, 0.15) is 5.75 Å². The molecule has 1 aromatic carbocycles.